The van der Waals surface area contributed by atoms with E-state index in [0.717, 1.165) is 37.6 Å². The Balaban J connectivity index is 1.59. The van der Waals surface area contributed by atoms with Crippen molar-refractivity contribution in [2.24, 2.45) is 0 Å². The van der Waals surface area contributed by atoms with Crippen LogP contribution in [0.1, 0.15) is 68.2 Å². The number of nitrogens with zero attached hydrogens (tertiary/aromatic N) is 4. The van der Waals surface area contributed by atoms with Crippen LogP contribution in [0.3, 0.4) is 0 Å². The van der Waals surface area contributed by atoms with Crippen LogP contribution in [0.15, 0.2) is 24.4 Å². The molecule has 1 amide bonds. The van der Waals surface area contributed by atoms with E-state index in [4.69, 9.17) is 9.72 Å². The molecule has 2 fully saturated rings. The molecule has 2 aliphatic rings. The second kappa shape index (κ2) is 8.84. The Morgan fingerprint density at radius 1 is 1.14 bits per heavy atom. The van der Waals surface area contributed by atoms with Gasteiger partial charge in [0.25, 0.3) is 5.91 Å². The van der Waals surface area contributed by atoms with Crippen molar-refractivity contribution in [3.05, 3.63) is 35.9 Å². The molecular formula is C23H34N4O2. The van der Waals surface area contributed by atoms with Crippen LogP contribution in [0.2, 0.25) is 0 Å². The number of imidazole rings is 1. The van der Waals surface area contributed by atoms with E-state index in [1.165, 1.54) is 32.1 Å². The smallest absolute Gasteiger partial charge is 0.274 e. The average Bonchev–Trinajstić information content (AvgIpc) is 3.13. The lowest BCUT2D eigenvalue weighted by molar-refractivity contribution is 0.0191. The number of carbonyl (C=O) groups is 1. The second-order valence-electron chi connectivity index (χ2n) is 8.75. The summed E-state index contributed by atoms with van der Waals surface area (Å²) in [5.41, 5.74) is 1.57. The van der Waals surface area contributed by atoms with Crippen LogP contribution in [-0.4, -0.2) is 70.5 Å². The first kappa shape index (κ1) is 20.4. The molecule has 2 unspecified atom stereocenters. The number of carbonyl (C=O) groups excluding carboxylic acids is 1. The summed E-state index contributed by atoms with van der Waals surface area (Å²) in [5, 5.41) is 0. The van der Waals surface area contributed by atoms with Gasteiger partial charge in [-0.25, -0.2) is 4.98 Å². The molecule has 2 atom stereocenters. The first-order valence-electron chi connectivity index (χ1n) is 11.1. The number of amides is 1. The molecule has 1 aliphatic heterocycles. The molecule has 4 rings (SSSR count). The Bertz CT molecular complexity index is 831. The average molecular weight is 399 g/mol. The summed E-state index contributed by atoms with van der Waals surface area (Å²) in [6, 6.07) is 6.70. The largest absolute Gasteiger partial charge is 0.383 e. The highest BCUT2D eigenvalue weighted by molar-refractivity contribution is 5.99. The zero-order valence-electron chi connectivity index (χ0n) is 18.0. The molecule has 2 aromatic rings. The highest BCUT2D eigenvalue weighted by Crippen LogP contribution is 2.33. The van der Waals surface area contributed by atoms with E-state index >= 15 is 0 Å². The number of aromatic nitrogens is 2. The van der Waals surface area contributed by atoms with E-state index in [1.54, 1.807) is 7.11 Å². The van der Waals surface area contributed by atoms with Crippen LogP contribution in [-0.2, 0) is 4.74 Å². The molecular weight excluding hydrogens is 364 g/mol. The predicted octanol–water partition coefficient (Wildman–Crippen LogP) is 3.56. The van der Waals surface area contributed by atoms with E-state index < -0.39 is 0 Å². The summed E-state index contributed by atoms with van der Waals surface area (Å²) in [6.07, 6.45) is 8.25. The minimum Gasteiger partial charge on any atom is -0.383 e. The number of hydrogen-bond acceptors (Lipinski definition) is 4. The highest BCUT2D eigenvalue weighted by atomic mass is 16.5. The summed E-state index contributed by atoms with van der Waals surface area (Å²) in [5.74, 6) is 1.60. The Morgan fingerprint density at radius 2 is 1.86 bits per heavy atom. The zero-order chi connectivity index (χ0) is 20.4. The van der Waals surface area contributed by atoms with E-state index in [-0.39, 0.29) is 5.91 Å². The lowest BCUT2D eigenvalue weighted by Gasteiger charge is -2.44. The fourth-order valence-corrected chi connectivity index (χ4v) is 5.18. The number of hydrogen-bond donors (Lipinski definition) is 0. The van der Waals surface area contributed by atoms with Gasteiger partial charge in [0.15, 0.2) is 5.69 Å². The van der Waals surface area contributed by atoms with Gasteiger partial charge in [-0.15, -0.1) is 0 Å². The molecule has 6 heteroatoms. The van der Waals surface area contributed by atoms with Crippen LogP contribution in [0, 0.1) is 0 Å². The third kappa shape index (κ3) is 4.05. The standard InChI is InChI=1S/C23H34N4O2/c1-17-15-25(16-18(2)26(17)13-14-29-3)23(28)21-20-11-7-8-12-27(20)22(24-21)19-9-5-4-6-10-19/h7-8,11-12,17-19H,4-6,9-10,13-16H2,1-3H3. The van der Waals surface area contributed by atoms with Gasteiger partial charge < -0.3 is 14.0 Å². The number of ether oxygens (including phenoxy) is 1. The summed E-state index contributed by atoms with van der Waals surface area (Å²) >= 11 is 0. The first-order valence-corrected chi connectivity index (χ1v) is 11.1. The number of pyridine rings is 1. The van der Waals surface area contributed by atoms with Crippen molar-refractivity contribution < 1.29 is 9.53 Å². The van der Waals surface area contributed by atoms with E-state index in [9.17, 15) is 4.79 Å². The monoisotopic (exact) mass is 398 g/mol. The van der Waals surface area contributed by atoms with Crippen molar-refractivity contribution in [1.82, 2.24) is 19.2 Å². The topological polar surface area (TPSA) is 50.1 Å². The first-order chi connectivity index (χ1) is 14.1. The molecule has 6 nitrogen and oxygen atoms in total. The predicted molar refractivity (Wildman–Crippen MR) is 114 cm³/mol. The molecule has 1 aliphatic carbocycles. The highest BCUT2D eigenvalue weighted by Gasteiger charge is 2.34. The van der Waals surface area contributed by atoms with E-state index in [1.807, 2.05) is 23.1 Å². The van der Waals surface area contributed by atoms with Gasteiger partial charge in [0.1, 0.15) is 5.82 Å². The van der Waals surface area contributed by atoms with Crippen LogP contribution in [0.25, 0.3) is 5.52 Å². The fraction of sp³-hybridized carbons (Fsp3) is 0.652. The summed E-state index contributed by atoms with van der Waals surface area (Å²) < 4.78 is 7.42. The molecule has 0 bridgehead atoms. The van der Waals surface area contributed by atoms with Crippen molar-refractivity contribution in [3.8, 4) is 0 Å². The molecule has 1 saturated heterocycles. The zero-order valence-corrected chi connectivity index (χ0v) is 18.0. The number of methoxy groups -OCH3 is 1. The minimum absolute atomic E-state index is 0.0702. The van der Waals surface area contributed by atoms with Gasteiger partial charge in [-0.05, 0) is 38.8 Å². The van der Waals surface area contributed by atoms with Crippen LogP contribution >= 0.6 is 0 Å². The Kier molecular flexibility index (Phi) is 6.20. The molecule has 1 saturated carbocycles. The normalized spacial score (nSPS) is 24.3. The van der Waals surface area contributed by atoms with Crippen molar-refractivity contribution in [1.29, 1.82) is 0 Å². The number of rotatable bonds is 5. The third-order valence-electron chi connectivity index (χ3n) is 6.69. The van der Waals surface area contributed by atoms with E-state index in [2.05, 4.69) is 29.3 Å². The van der Waals surface area contributed by atoms with Crippen LogP contribution in [0.4, 0.5) is 0 Å². The van der Waals surface area contributed by atoms with Gasteiger partial charge in [-0.3, -0.25) is 9.69 Å². The maximum atomic E-state index is 13.5. The lowest BCUT2D eigenvalue weighted by Crippen LogP contribution is -2.58. The van der Waals surface area contributed by atoms with Gasteiger partial charge in [-0.2, -0.15) is 0 Å². The van der Waals surface area contributed by atoms with Crippen LogP contribution < -0.4 is 0 Å². The Hall–Kier alpha value is -1.92. The molecule has 3 heterocycles. The molecule has 0 spiro atoms. The summed E-state index contributed by atoms with van der Waals surface area (Å²) in [4.78, 5) is 22.9. The molecule has 0 radical (unpaired) electrons. The molecule has 0 aromatic carbocycles. The van der Waals surface area contributed by atoms with Crippen molar-refractivity contribution in [2.45, 2.75) is 64.0 Å². The van der Waals surface area contributed by atoms with Crippen molar-refractivity contribution in [2.75, 3.05) is 33.4 Å². The molecule has 0 N–H and O–H groups in total. The lowest BCUT2D eigenvalue weighted by atomic mass is 9.89. The maximum Gasteiger partial charge on any atom is 0.274 e. The fourth-order valence-electron chi connectivity index (χ4n) is 5.18. The van der Waals surface area contributed by atoms with Crippen molar-refractivity contribution in [3.63, 3.8) is 0 Å². The summed E-state index contributed by atoms with van der Waals surface area (Å²) in [7, 11) is 1.74. The van der Waals surface area contributed by atoms with Gasteiger partial charge in [0, 0.05) is 50.9 Å². The maximum absolute atomic E-state index is 13.5. The number of fused-ring (bicyclic) bond motifs is 1. The van der Waals surface area contributed by atoms with Gasteiger partial charge in [-0.1, -0.05) is 25.3 Å². The second-order valence-corrected chi connectivity index (χ2v) is 8.75. The van der Waals surface area contributed by atoms with Crippen molar-refractivity contribution >= 4 is 11.4 Å². The Morgan fingerprint density at radius 3 is 2.55 bits per heavy atom. The Labute approximate surface area is 173 Å². The van der Waals surface area contributed by atoms with Gasteiger partial charge in [0.05, 0.1) is 12.1 Å². The minimum atomic E-state index is 0.0702. The molecule has 29 heavy (non-hydrogen) atoms. The van der Waals surface area contributed by atoms with Gasteiger partial charge in [0.2, 0.25) is 0 Å². The third-order valence-corrected chi connectivity index (χ3v) is 6.69. The van der Waals surface area contributed by atoms with Gasteiger partial charge >= 0.3 is 0 Å². The molecule has 158 valence electrons. The molecule has 2 aromatic heterocycles. The van der Waals surface area contributed by atoms with Crippen LogP contribution in [0.5, 0.6) is 0 Å². The van der Waals surface area contributed by atoms with E-state index in [0.29, 0.717) is 23.7 Å². The SMILES string of the molecule is COCCN1C(C)CN(C(=O)c2nc(C3CCCCC3)n3ccccc23)CC1C. The summed E-state index contributed by atoms with van der Waals surface area (Å²) in [6.45, 7) is 7.49. The number of piperazine rings is 1. The quantitative estimate of drug-likeness (QED) is 0.773.